The standard InChI is InChI=1S/C39H47N7O18S/c1-27(63-38(48)60-23-21-56-22-26-62-46(51)52)44(65(53,54)29-15-13-28(14-16-29)39(2,3)4)35-32(64-31-12-7-6-11-30(31)55-5)36(43-34(42-35)33-40-17-10-18-41-33)57-24-25-59-37(47)58-19-8-9-20-61-45(49)50/h6-7,10-18,27H,8-9,19-26H2,1-5H3. The molecule has 0 saturated carbocycles. The third-order valence-corrected chi connectivity index (χ3v) is 10.2. The Morgan fingerprint density at radius 1 is 0.738 bits per heavy atom. The molecule has 25 nitrogen and oxygen atoms in total. The molecule has 1 unspecified atom stereocenters. The molecule has 352 valence electrons. The van der Waals surface area contributed by atoms with Crippen molar-refractivity contribution in [3.05, 3.63) is 92.8 Å². The van der Waals surface area contributed by atoms with Crippen LogP contribution in [0.25, 0.3) is 11.6 Å². The zero-order chi connectivity index (χ0) is 47.4. The van der Waals surface area contributed by atoms with E-state index in [9.17, 15) is 29.8 Å². The molecule has 1 atom stereocenters. The summed E-state index contributed by atoms with van der Waals surface area (Å²) in [6, 6.07) is 13.8. The summed E-state index contributed by atoms with van der Waals surface area (Å²) in [6.07, 6.45) is -0.965. The molecular formula is C39H47N7O18S. The van der Waals surface area contributed by atoms with E-state index in [1.807, 2.05) is 20.8 Å². The number of carbonyl (C=O) groups excluding carboxylic acids is 2. The first kappa shape index (κ1) is 50.3. The van der Waals surface area contributed by atoms with Crippen LogP contribution in [0.3, 0.4) is 0 Å². The molecule has 2 heterocycles. The normalized spacial score (nSPS) is 11.6. The van der Waals surface area contributed by atoms with Crippen LogP contribution in [0.5, 0.6) is 23.1 Å². The monoisotopic (exact) mass is 933 g/mol. The topological polar surface area (TPSA) is 302 Å². The first-order valence-electron chi connectivity index (χ1n) is 19.5. The van der Waals surface area contributed by atoms with Crippen LogP contribution < -0.4 is 18.5 Å². The smallest absolute Gasteiger partial charge is 0.493 e. The summed E-state index contributed by atoms with van der Waals surface area (Å²) in [5.74, 6) is -1.63. The molecule has 0 N–H and O–H groups in total. The fraction of sp³-hybridized carbons (Fsp3) is 0.436. The van der Waals surface area contributed by atoms with Crippen LogP contribution in [0.15, 0.2) is 71.9 Å². The van der Waals surface area contributed by atoms with Crippen molar-refractivity contribution in [2.24, 2.45) is 0 Å². The van der Waals surface area contributed by atoms with Gasteiger partial charge in [0.05, 0.1) is 38.4 Å². The summed E-state index contributed by atoms with van der Waals surface area (Å²) in [5, 5.41) is 18.8. The van der Waals surface area contributed by atoms with Gasteiger partial charge in [0.15, 0.2) is 29.4 Å². The number of benzene rings is 2. The number of rotatable bonds is 26. The van der Waals surface area contributed by atoms with E-state index in [1.54, 1.807) is 30.3 Å². The minimum Gasteiger partial charge on any atom is -0.493 e. The van der Waals surface area contributed by atoms with E-state index in [0.29, 0.717) is 4.31 Å². The van der Waals surface area contributed by atoms with Crippen molar-refractivity contribution >= 4 is 28.2 Å². The number of ether oxygens (including phenoxy) is 8. The van der Waals surface area contributed by atoms with Gasteiger partial charge in [-0.3, -0.25) is 0 Å². The second-order valence-electron chi connectivity index (χ2n) is 13.9. The highest BCUT2D eigenvalue weighted by molar-refractivity contribution is 7.92. The zero-order valence-electron chi connectivity index (χ0n) is 35.9. The molecule has 65 heavy (non-hydrogen) atoms. The molecule has 0 aliphatic rings. The summed E-state index contributed by atoms with van der Waals surface area (Å²) < 4.78 is 74.4. The van der Waals surface area contributed by atoms with Gasteiger partial charge in [-0.25, -0.2) is 37.3 Å². The predicted octanol–water partition coefficient (Wildman–Crippen LogP) is 5.47. The Morgan fingerprint density at radius 2 is 1.34 bits per heavy atom. The molecular weight excluding hydrogens is 887 g/mol. The Bertz CT molecular complexity index is 2300. The van der Waals surface area contributed by atoms with Crippen LogP contribution in [-0.4, -0.2) is 117 Å². The number of para-hydroxylation sites is 2. The van der Waals surface area contributed by atoms with Gasteiger partial charge in [-0.05, 0) is 61.1 Å². The molecule has 2 aromatic carbocycles. The Hall–Kier alpha value is -7.35. The lowest BCUT2D eigenvalue weighted by molar-refractivity contribution is -0.758. The quantitative estimate of drug-likeness (QED) is 0.0248. The van der Waals surface area contributed by atoms with Crippen molar-refractivity contribution in [3.63, 3.8) is 0 Å². The molecule has 0 saturated heterocycles. The summed E-state index contributed by atoms with van der Waals surface area (Å²) in [6.45, 7) is 4.69. The van der Waals surface area contributed by atoms with Crippen molar-refractivity contribution in [2.45, 2.75) is 57.1 Å². The van der Waals surface area contributed by atoms with Gasteiger partial charge in [-0.2, -0.15) is 4.98 Å². The van der Waals surface area contributed by atoms with E-state index in [-0.39, 0.29) is 79.3 Å². The molecule has 26 heteroatoms. The number of hydrogen-bond acceptors (Lipinski definition) is 22. The van der Waals surface area contributed by atoms with Crippen molar-refractivity contribution in [2.75, 3.05) is 64.3 Å². The van der Waals surface area contributed by atoms with Gasteiger partial charge in [0.2, 0.25) is 11.6 Å². The molecule has 0 aliphatic heterocycles. The van der Waals surface area contributed by atoms with Crippen molar-refractivity contribution < 1.29 is 75.8 Å². The number of methoxy groups -OCH3 is 1. The Balaban J connectivity index is 1.78. The fourth-order valence-corrected chi connectivity index (χ4v) is 6.78. The molecule has 0 amide bonds. The minimum atomic E-state index is -4.82. The number of nitrogens with zero attached hydrogens (tertiary/aromatic N) is 7. The largest absolute Gasteiger partial charge is 0.510 e. The average Bonchev–Trinajstić information content (AvgIpc) is 3.26. The summed E-state index contributed by atoms with van der Waals surface area (Å²) in [5.41, 5.74) is 0.444. The van der Waals surface area contributed by atoms with Crippen LogP contribution >= 0.6 is 0 Å². The highest BCUT2D eigenvalue weighted by atomic mass is 32.2. The number of unbranched alkanes of at least 4 members (excludes halogenated alkanes) is 1. The lowest BCUT2D eigenvalue weighted by atomic mass is 9.87. The SMILES string of the molecule is COc1ccccc1Oc1c(OCCOC(=O)OCCCCO[N+](=O)[O-])nc(-c2ncccn2)nc1N(C(C)OC(=O)OCCOCCO[N+](=O)[O-])S(=O)(=O)c1ccc(C(C)(C)C)cc1. The number of hydrogen-bond donors (Lipinski definition) is 0. The molecule has 4 rings (SSSR count). The minimum absolute atomic E-state index is 0.0281. The third-order valence-electron chi connectivity index (χ3n) is 8.32. The van der Waals surface area contributed by atoms with Gasteiger partial charge in [0.1, 0.15) is 26.4 Å². The Morgan fingerprint density at radius 3 is 2.00 bits per heavy atom. The van der Waals surface area contributed by atoms with Crippen LogP contribution in [0, 0.1) is 20.2 Å². The first-order chi connectivity index (χ1) is 31.0. The maximum atomic E-state index is 15.0. The lowest BCUT2D eigenvalue weighted by Crippen LogP contribution is -2.42. The average molecular weight is 934 g/mol. The number of anilines is 1. The highest BCUT2D eigenvalue weighted by Crippen LogP contribution is 2.44. The van der Waals surface area contributed by atoms with Crippen LogP contribution in [0.1, 0.15) is 46.1 Å². The molecule has 0 fully saturated rings. The number of sulfonamides is 1. The van der Waals surface area contributed by atoms with E-state index in [0.717, 1.165) is 5.56 Å². The number of aromatic nitrogens is 4. The summed E-state index contributed by atoms with van der Waals surface area (Å²) >= 11 is 0. The molecule has 0 aliphatic carbocycles. The van der Waals surface area contributed by atoms with Gasteiger partial charge >= 0.3 is 12.3 Å². The number of carbonyl (C=O) groups is 2. The van der Waals surface area contributed by atoms with E-state index in [2.05, 4.69) is 29.6 Å². The molecule has 0 spiro atoms. The Labute approximate surface area is 372 Å². The summed E-state index contributed by atoms with van der Waals surface area (Å²) in [4.78, 5) is 71.7. The van der Waals surface area contributed by atoms with Gasteiger partial charge in [0.25, 0.3) is 26.1 Å². The van der Waals surface area contributed by atoms with Crippen LogP contribution in [-0.2, 0) is 48.8 Å². The molecule has 0 radical (unpaired) electrons. The van der Waals surface area contributed by atoms with E-state index in [1.165, 1.54) is 50.7 Å². The second kappa shape index (κ2) is 24.5. The second-order valence-corrected chi connectivity index (χ2v) is 15.8. The van der Waals surface area contributed by atoms with Crippen LogP contribution in [0.4, 0.5) is 15.4 Å². The zero-order valence-corrected chi connectivity index (χ0v) is 36.7. The van der Waals surface area contributed by atoms with Gasteiger partial charge in [0, 0.05) is 12.4 Å². The first-order valence-corrected chi connectivity index (χ1v) is 21.0. The Kier molecular flexibility index (Phi) is 18.9. The van der Waals surface area contributed by atoms with Gasteiger partial charge in [-0.15, -0.1) is 20.2 Å². The predicted molar refractivity (Wildman–Crippen MR) is 222 cm³/mol. The fourth-order valence-electron chi connectivity index (χ4n) is 5.29. The maximum Gasteiger partial charge on any atom is 0.510 e. The third kappa shape index (κ3) is 15.7. The van der Waals surface area contributed by atoms with Crippen molar-refractivity contribution in [1.82, 2.24) is 19.9 Å². The van der Waals surface area contributed by atoms with Crippen molar-refractivity contribution in [1.29, 1.82) is 0 Å². The lowest BCUT2D eigenvalue weighted by Gasteiger charge is -2.30. The molecule has 2 aromatic heterocycles. The van der Waals surface area contributed by atoms with Gasteiger partial charge < -0.3 is 47.6 Å². The highest BCUT2D eigenvalue weighted by Gasteiger charge is 2.39. The molecule has 4 aromatic rings. The summed E-state index contributed by atoms with van der Waals surface area (Å²) in [7, 11) is -3.45. The van der Waals surface area contributed by atoms with Crippen LogP contribution in [0.2, 0.25) is 0 Å². The van der Waals surface area contributed by atoms with Crippen molar-refractivity contribution in [3.8, 4) is 34.8 Å². The maximum absolute atomic E-state index is 15.0. The van der Waals surface area contributed by atoms with E-state index < -0.39 is 76.0 Å². The molecule has 0 bridgehead atoms. The van der Waals surface area contributed by atoms with E-state index in [4.69, 9.17) is 37.9 Å². The van der Waals surface area contributed by atoms with Gasteiger partial charge in [-0.1, -0.05) is 45.0 Å². The van der Waals surface area contributed by atoms with E-state index >= 15 is 8.42 Å².